The van der Waals surface area contributed by atoms with Gasteiger partial charge >= 0.3 is 0 Å². The topological polar surface area (TPSA) is 73.0 Å². The van der Waals surface area contributed by atoms with Crippen LogP contribution in [0.5, 0.6) is 0 Å². The molecule has 2 aromatic carbocycles. The van der Waals surface area contributed by atoms with Gasteiger partial charge in [0.1, 0.15) is 5.69 Å². The zero-order valence-corrected chi connectivity index (χ0v) is 13.7. The normalized spacial score (nSPS) is 11.2. The molecule has 0 bridgehead atoms. The average molecular weight is 334 g/mol. The molecule has 2 aromatic heterocycles. The highest BCUT2D eigenvalue weighted by atomic mass is 16.5. The monoisotopic (exact) mass is 334 g/mol. The van der Waals surface area contributed by atoms with Crippen LogP contribution in [0, 0.1) is 0 Å². The van der Waals surface area contributed by atoms with Gasteiger partial charge in [-0.15, -0.1) is 0 Å². The average Bonchev–Trinajstić information content (AvgIpc) is 3.24. The Morgan fingerprint density at radius 1 is 1.12 bits per heavy atom. The number of hydrogen-bond acceptors (Lipinski definition) is 4. The van der Waals surface area contributed by atoms with E-state index >= 15 is 0 Å². The Bertz CT molecular complexity index is 1020. The lowest BCUT2D eigenvalue weighted by molar-refractivity contribution is -0.120. The Kier molecular flexibility index (Phi) is 4.16. The molecule has 4 aromatic rings. The van der Waals surface area contributed by atoms with Gasteiger partial charge in [-0.25, -0.2) is 4.98 Å². The predicted molar refractivity (Wildman–Crippen MR) is 95.1 cm³/mol. The van der Waals surface area contributed by atoms with Crippen molar-refractivity contribution in [1.82, 2.24) is 20.0 Å². The first-order valence-electron chi connectivity index (χ1n) is 8.31. The first-order chi connectivity index (χ1) is 12.3. The van der Waals surface area contributed by atoms with Crippen LogP contribution in [0.15, 0.2) is 59.4 Å². The SMILES string of the molecule is O=C(Cc1noc2ccccc12)NCCCn1cnc2ccccc21. The molecule has 0 spiro atoms. The van der Waals surface area contributed by atoms with Gasteiger partial charge in [-0.2, -0.15) is 0 Å². The number of aromatic nitrogens is 3. The second-order valence-corrected chi connectivity index (χ2v) is 5.93. The molecule has 0 aliphatic rings. The summed E-state index contributed by atoms with van der Waals surface area (Å²) < 4.78 is 7.33. The van der Waals surface area contributed by atoms with E-state index in [9.17, 15) is 4.79 Å². The zero-order valence-electron chi connectivity index (χ0n) is 13.7. The number of fused-ring (bicyclic) bond motifs is 2. The van der Waals surface area contributed by atoms with E-state index in [-0.39, 0.29) is 12.3 Å². The highest BCUT2D eigenvalue weighted by Crippen LogP contribution is 2.18. The Balaban J connectivity index is 1.29. The van der Waals surface area contributed by atoms with Gasteiger partial charge in [0.15, 0.2) is 5.58 Å². The Hall–Kier alpha value is -3.15. The fourth-order valence-corrected chi connectivity index (χ4v) is 2.95. The van der Waals surface area contributed by atoms with Crippen LogP contribution in [0.4, 0.5) is 0 Å². The molecule has 25 heavy (non-hydrogen) atoms. The van der Waals surface area contributed by atoms with Crippen molar-refractivity contribution < 1.29 is 9.32 Å². The summed E-state index contributed by atoms with van der Waals surface area (Å²) in [6.45, 7) is 1.43. The van der Waals surface area contributed by atoms with E-state index in [1.54, 1.807) is 0 Å². The van der Waals surface area contributed by atoms with E-state index in [1.807, 2.05) is 48.8 Å². The molecule has 0 aliphatic heterocycles. The molecule has 0 fully saturated rings. The van der Waals surface area contributed by atoms with Crippen LogP contribution in [0.3, 0.4) is 0 Å². The number of aryl methyl sites for hydroxylation is 1. The fourth-order valence-electron chi connectivity index (χ4n) is 2.95. The number of carbonyl (C=O) groups is 1. The first-order valence-corrected chi connectivity index (χ1v) is 8.31. The molecule has 2 heterocycles. The molecule has 0 aliphatic carbocycles. The minimum Gasteiger partial charge on any atom is -0.356 e. The van der Waals surface area contributed by atoms with E-state index in [0.717, 1.165) is 29.4 Å². The van der Waals surface area contributed by atoms with Crippen molar-refractivity contribution in [3.63, 3.8) is 0 Å². The second kappa shape index (κ2) is 6.76. The van der Waals surface area contributed by atoms with Gasteiger partial charge in [0.25, 0.3) is 0 Å². The standard InChI is InChI=1S/C19H18N4O2/c24-19(12-16-14-6-1-4-9-18(14)25-22-16)20-10-5-11-23-13-21-15-7-2-3-8-17(15)23/h1-4,6-9,13H,5,10-12H2,(H,20,24). The van der Waals surface area contributed by atoms with Crippen molar-refractivity contribution >= 4 is 27.9 Å². The molecule has 0 atom stereocenters. The Morgan fingerprint density at radius 3 is 2.92 bits per heavy atom. The third kappa shape index (κ3) is 3.24. The number of carbonyl (C=O) groups excluding carboxylic acids is 1. The quantitative estimate of drug-likeness (QED) is 0.550. The van der Waals surface area contributed by atoms with Crippen LogP contribution in [0.25, 0.3) is 22.0 Å². The molecular weight excluding hydrogens is 316 g/mol. The summed E-state index contributed by atoms with van der Waals surface area (Å²) >= 11 is 0. The van der Waals surface area contributed by atoms with Gasteiger partial charge in [0.05, 0.1) is 23.8 Å². The van der Waals surface area contributed by atoms with E-state index in [1.165, 1.54) is 0 Å². The lowest BCUT2D eigenvalue weighted by Crippen LogP contribution is -2.27. The van der Waals surface area contributed by atoms with Crippen LogP contribution in [-0.4, -0.2) is 27.2 Å². The minimum atomic E-state index is -0.0467. The van der Waals surface area contributed by atoms with Crippen LogP contribution in [0.2, 0.25) is 0 Å². The van der Waals surface area contributed by atoms with Crippen LogP contribution >= 0.6 is 0 Å². The van der Waals surface area contributed by atoms with Gasteiger partial charge in [-0.3, -0.25) is 4.79 Å². The molecule has 0 saturated carbocycles. The van der Waals surface area contributed by atoms with Crippen LogP contribution in [0.1, 0.15) is 12.1 Å². The molecule has 0 unspecified atom stereocenters. The zero-order chi connectivity index (χ0) is 17.1. The molecule has 0 radical (unpaired) electrons. The summed E-state index contributed by atoms with van der Waals surface area (Å²) in [7, 11) is 0. The van der Waals surface area contributed by atoms with Gasteiger partial charge in [0, 0.05) is 18.5 Å². The second-order valence-electron chi connectivity index (χ2n) is 5.93. The summed E-state index contributed by atoms with van der Waals surface area (Å²) in [5.41, 5.74) is 3.48. The number of rotatable bonds is 6. The van der Waals surface area contributed by atoms with Gasteiger partial charge in [-0.1, -0.05) is 29.4 Å². The number of para-hydroxylation sites is 3. The molecular formula is C19H18N4O2. The molecule has 6 nitrogen and oxygen atoms in total. The van der Waals surface area contributed by atoms with Gasteiger partial charge in [-0.05, 0) is 30.7 Å². The van der Waals surface area contributed by atoms with Crippen LogP contribution in [-0.2, 0) is 17.8 Å². The maximum Gasteiger partial charge on any atom is 0.226 e. The van der Waals surface area contributed by atoms with Gasteiger partial charge < -0.3 is 14.4 Å². The van der Waals surface area contributed by atoms with Crippen LogP contribution < -0.4 is 5.32 Å². The molecule has 6 heteroatoms. The lowest BCUT2D eigenvalue weighted by atomic mass is 10.1. The largest absolute Gasteiger partial charge is 0.356 e. The van der Waals surface area contributed by atoms with E-state index < -0.39 is 0 Å². The van der Waals surface area contributed by atoms with E-state index in [2.05, 4.69) is 26.1 Å². The van der Waals surface area contributed by atoms with E-state index in [4.69, 9.17) is 4.52 Å². The maximum absolute atomic E-state index is 12.1. The molecule has 4 rings (SSSR count). The number of hydrogen-bond donors (Lipinski definition) is 1. The van der Waals surface area contributed by atoms with E-state index in [0.29, 0.717) is 17.8 Å². The molecule has 126 valence electrons. The summed E-state index contributed by atoms with van der Waals surface area (Å²) in [4.78, 5) is 16.5. The number of nitrogens with zero attached hydrogens (tertiary/aromatic N) is 3. The lowest BCUT2D eigenvalue weighted by Gasteiger charge is -2.06. The van der Waals surface area contributed by atoms with Crippen molar-refractivity contribution in [1.29, 1.82) is 0 Å². The van der Waals surface area contributed by atoms with Crippen molar-refractivity contribution in [2.24, 2.45) is 0 Å². The Labute approximate surface area is 144 Å². The number of imidazole rings is 1. The van der Waals surface area contributed by atoms with Crippen molar-refractivity contribution in [3.8, 4) is 0 Å². The Morgan fingerprint density at radius 2 is 1.96 bits per heavy atom. The van der Waals surface area contributed by atoms with Crippen molar-refractivity contribution in [2.45, 2.75) is 19.4 Å². The number of benzene rings is 2. The molecule has 1 amide bonds. The highest BCUT2D eigenvalue weighted by molar-refractivity contribution is 5.86. The number of amides is 1. The summed E-state index contributed by atoms with van der Waals surface area (Å²) in [5.74, 6) is -0.0467. The van der Waals surface area contributed by atoms with Crippen molar-refractivity contribution in [2.75, 3.05) is 6.54 Å². The van der Waals surface area contributed by atoms with Gasteiger partial charge in [0.2, 0.25) is 5.91 Å². The smallest absolute Gasteiger partial charge is 0.226 e. The summed E-state index contributed by atoms with van der Waals surface area (Å²) in [5, 5.41) is 7.82. The maximum atomic E-state index is 12.1. The molecule has 0 saturated heterocycles. The number of nitrogens with one attached hydrogen (secondary N) is 1. The molecule has 1 N–H and O–H groups in total. The van der Waals surface area contributed by atoms with Crippen molar-refractivity contribution in [3.05, 3.63) is 60.6 Å². The fraction of sp³-hybridized carbons (Fsp3) is 0.211. The first kappa shape index (κ1) is 15.4. The summed E-state index contributed by atoms with van der Waals surface area (Å²) in [6, 6.07) is 15.6. The predicted octanol–water partition coefficient (Wildman–Crippen LogP) is 2.93. The summed E-state index contributed by atoms with van der Waals surface area (Å²) in [6.07, 6.45) is 2.91. The third-order valence-electron chi connectivity index (χ3n) is 4.21. The minimum absolute atomic E-state index is 0.0467. The highest BCUT2D eigenvalue weighted by Gasteiger charge is 2.11. The third-order valence-corrected chi connectivity index (χ3v) is 4.21.